The number of hydrogen-bond donors (Lipinski definition) is 2. The van der Waals surface area contributed by atoms with Gasteiger partial charge in [-0.1, -0.05) is 60.7 Å². The zero-order valence-corrected chi connectivity index (χ0v) is 15.4. The molecule has 0 bridgehead atoms. The van der Waals surface area contributed by atoms with Crippen molar-refractivity contribution in [1.29, 1.82) is 0 Å². The van der Waals surface area contributed by atoms with Gasteiger partial charge in [0.05, 0.1) is 29.5 Å². The van der Waals surface area contributed by atoms with E-state index in [2.05, 4.69) is 15.6 Å². The van der Waals surface area contributed by atoms with Gasteiger partial charge in [-0.2, -0.15) is 0 Å². The average Bonchev–Trinajstić information content (AvgIpc) is 2.74. The Morgan fingerprint density at radius 3 is 2.07 bits per heavy atom. The van der Waals surface area contributed by atoms with Gasteiger partial charge in [-0.3, -0.25) is 4.98 Å². The summed E-state index contributed by atoms with van der Waals surface area (Å²) in [4.78, 5) is 25.9. The minimum absolute atomic E-state index is 0.299. The van der Waals surface area contributed by atoms with Crippen LogP contribution in [0.15, 0.2) is 73.1 Å². The number of anilines is 1. The van der Waals surface area contributed by atoms with Crippen LogP contribution < -0.4 is 10.6 Å². The van der Waals surface area contributed by atoms with Gasteiger partial charge in [-0.15, -0.1) is 0 Å². The largest absolute Gasteiger partial charge is 0.338 e. The Balaban J connectivity index is 1.93. The first kappa shape index (κ1) is 17.6. The Labute approximate surface area is 162 Å². The number of amides is 2. The van der Waals surface area contributed by atoms with E-state index in [0.717, 1.165) is 22.5 Å². The summed E-state index contributed by atoms with van der Waals surface area (Å²) in [7, 11) is 0. The first-order valence-electron chi connectivity index (χ1n) is 9.07. The van der Waals surface area contributed by atoms with E-state index in [4.69, 9.17) is 9.97 Å². The van der Waals surface area contributed by atoms with Crippen molar-refractivity contribution in [3.8, 4) is 22.5 Å². The molecule has 0 atom stereocenters. The summed E-state index contributed by atoms with van der Waals surface area (Å²) in [5, 5.41) is 5.52. The third-order valence-electron chi connectivity index (χ3n) is 4.26. The highest BCUT2D eigenvalue weighted by molar-refractivity contribution is 5.99. The monoisotopic (exact) mass is 369 g/mol. The fraction of sp³-hybridized carbons (Fsp3) is 0.0909. The molecule has 0 unspecified atom stereocenters. The molecule has 4 rings (SSSR count). The maximum atomic E-state index is 12.0. The summed E-state index contributed by atoms with van der Waals surface area (Å²) in [6.07, 6.45) is 3.25. The van der Waals surface area contributed by atoms with Crippen molar-refractivity contribution in [2.24, 2.45) is 0 Å². The normalized spacial score (nSPS) is 10.6. The van der Waals surface area contributed by atoms with Crippen LogP contribution in [0.2, 0.25) is 0 Å². The zero-order chi connectivity index (χ0) is 19.3. The number of carbonyl (C=O) groups is 1. The van der Waals surface area contributed by atoms with Crippen LogP contribution in [-0.4, -0.2) is 27.5 Å². The molecule has 0 saturated heterocycles. The second-order valence-corrected chi connectivity index (χ2v) is 6.19. The van der Waals surface area contributed by atoms with Crippen molar-refractivity contribution in [3.05, 3.63) is 73.1 Å². The van der Waals surface area contributed by atoms with Crippen LogP contribution in [-0.2, 0) is 0 Å². The molecule has 0 aliphatic heterocycles. The maximum absolute atomic E-state index is 12.0. The van der Waals surface area contributed by atoms with Crippen molar-refractivity contribution in [2.45, 2.75) is 6.92 Å². The molecule has 6 heteroatoms. The Hall–Kier alpha value is -3.80. The van der Waals surface area contributed by atoms with Gasteiger partial charge in [0, 0.05) is 17.7 Å². The SMILES string of the molecule is CCNC(=O)Nc1cncc2nc(-c3ccccc3)c(-c3ccccc3)nc12. The third-order valence-corrected chi connectivity index (χ3v) is 4.26. The number of fused-ring (bicyclic) bond motifs is 1. The van der Waals surface area contributed by atoms with Crippen LogP contribution in [0, 0.1) is 0 Å². The summed E-state index contributed by atoms with van der Waals surface area (Å²) >= 11 is 0. The number of rotatable bonds is 4. The molecule has 28 heavy (non-hydrogen) atoms. The summed E-state index contributed by atoms with van der Waals surface area (Å²) in [5.41, 5.74) is 5.19. The highest BCUT2D eigenvalue weighted by atomic mass is 16.2. The van der Waals surface area contributed by atoms with Crippen molar-refractivity contribution in [3.63, 3.8) is 0 Å². The molecule has 2 N–H and O–H groups in total. The van der Waals surface area contributed by atoms with Crippen LogP contribution in [0.4, 0.5) is 10.5 Å². The average molecular weight is 369 g/mol. The minimum Gasteiger partial charge on any atom is -0.338 e. The number of aromatic nitrogens is 3. The lowest BCUT2D eigenvalue weighted by atomic mass is 10.0. The second-order valence-electron chi connectivity index (χ2n) is 6.19. The van der Waals surface area contributed by atoms with Gasteiger partial charge in [0.1, 0.15) is 11.0 Å². The van der Waals surface area contributed by atoms with E-state index in [9.17, 15) is 4.79 Å². The third kappa shape index (κ3) is 3.53. The Morgan fingerprint density at radius 2 is 1.46 bits per heavy atom. The van der Waals surface area contributed by atoms with E-state index in [1.54, 1.807) is 12.4 Å². The van der Waals surface area contributed by atoms with Gasteiger partial charge in [0.15, 0.2) is 0 Å². The number of pyridine rings is 1. The van der Waals surface area contributed by atoms with E-state index < -0.39 is 0 Å². The number of carbonyl (C=O) groups excluding carboxylic acids is 1. The minimum atomic E-state index is -0.299. The van der Waals surface area contributed by atoms with E-state index in [1.807, 2.05) is 67.6 Å². The van der Waals surface area contributed by atoms with Gasteiger partial charge >= 0.3 is 6.03 Å². The molecule has 0 aliphatic rings. The molecule has 138 valence electrons. The van der Waals surface area contributed by atoms with Crippen molar-refractivity contribution >= 4 is 22.8 Å². The maximum Gasteiger partial charge on any atom is 0.319 e. The molecule has 2 aromatic carbocycles. The molecule has 0 spiro atoms. The molecular weight excluding hydrogens is 350 g/mol. The van der Waals surface area contributed by atoms with Gasteiger partial charge in [-0.25, -0.2) is 14.8 Å². The smallest absolute Gasteiger partial charge is 0.319 e. The number of hydrogen-bond acceptors (Lipinski definition) is 4. The van der Waals surface area contributed by atoms with Crippen molar-refractivity contribution in [2.75, 3.05) is 11.9 Å². The van der Waals surface area contributed by atoms with E-state index in [0.29, 0.717) is 23.3 Å². The molecule has 2 aromatic heterocycles. The fourth-order valence-electron chi connectivity index (χ4n) is 2.99. The van der Waals surface area contributed by atoms with Crippen LogP contribution in [0.5, 0.6) is 0 Å². The van der Waals surface area contributed by atoms with Gasteiger partial charge < -0.3 is 10.6 Å². The lowest BCUT2D eigenvalue weighted by molar-refractivity contribution is 0.252. The summed E-state index contributed by atoms with van der Waals surface area (Å²) in [5.74, 6) is 0. The number of urea groups is 1. The lowest BCUT2D eigenvalue weighted by Crippen LogP contribution is -2.28. The number of benzene rings is 2. The topological polar surface area (TPSA) is 79.8 Å². The van der Waals surface area contributed by atoms with Gasteiger partial charge in [0.25, 0.3) is 0 Å². The molecule has 2 amide bonds. The second kappa shape index (κ2) is 7.84. The standard InChI is InChI=1S/C22H19N5O/c1-2-24-22(28)26-18-14-23-13-17-21(18)27-20(16-11-7-4-8-12-16)19(25-17)15-9-5-3-6-10-15/h3-14H,2H2,1H3,(H2,24,26,28). The predicted molar refractivity (Wildman–Crippen MR) is 111 cm³/mol. The quantitative estimate of drug-likeness (QED) is 0.555. The highest BCUT2D eigenvalue weighted by Crippen LogP contribution is 2.32. The first-order valence-corrected chi connectivity index (χ1v) is 9.07. The van der Waals surface area contributed by atoms with Gasteiger partial charge in [0.2, 0.25) is 0 Å². The van der Waals surface area contributed by atoms with E-state index in [-0.39, 0.29) is 6.03 Å². The first-order chi connectivity index (χ1) is 13.8. The fourth-order valence-corrected chi connectivity index (χ4v) is 2.99. The molecule has 0 aliphatic carbocycles. The molecule has 0 saturated carbocycles. The highest BCUT2D eigenvalue weighted by Gasteiger charge is 2.16. The molecular formula is C22H19N5O. The summed E-state index contributed by atoms with van der Waals surface area (Å²) in [6, 6.07) is 19.5. The zero-order valence-electron chi connectivity index (χ0n) is 15.4. The Morgan fingerprint density at radius 1 is 0.857 bits per heavy atom. The molecule has 6 nitrogen and oxygen atoms in total. The van der Waals surface area contributed by atoms with Crippen LogP contribution in [0.3, 0.4) is 0 Å². The molecule has 0 radical (unpaired) electrons. The summed E-state index contributed by atoms with van der Waals surface area (Å²) in [6.45, 7) is 2.39. The number of nitrogens with one attached hydrogen (secondary N) is 2. The number of nitrogens with zero attached hydrogens (tertiary/aromatic N) is 3. The summed E-state index contributed by atoms with van der Waals surface area (Å²) < 4.78 is 0. The van der Waals surface area contributed by atoms with Crippen LogP contribution in [0.25, 0.3) is 33.5 Å². The Bertz CT molecular complexity index is 1110. The van der Waals surface area contributed by atoms with Crippen LogP contribution in [0.1, 0.15) is 6.92 Å². The molecule has 0 fully saturated rings. The van der Waals surface area contributed by atoms with Crippen molar-refractivity contribution < 1.29 is 4.79 Å². The van der Waals surface area contributed by atoms with E-state index in [1.165, 1.54) is 0 Å². The predicted octanol–water partition coefficient (Wildman–Crippen LogP) is 4.50. The van der Waals surface area contributed by atoms with Gasteiger partial charge in [-0.05, 0) is 6.92 Å². The van der Waals surface area contributed by atoms with Crippen LogP contribution >= 0.6 is 0 Å². The molecule has 2 heterocycles. The van der Waals surface area contributed by atoms with Crippen molar-refractivity contribution in [1.82, 2.24) is 20.3 Å². The van der Waals surface area contributed by atoms with E-state index >= 15 is 0 Å². The lowest BCUT2D eigenvalue weighted by Gasteiger charge is -2.13. The Kier molecular flexibility index (Phi) is 4.93. The molecule has 4 aromatic rings.